The van der Waals surface area contributed by atoms with E-state index in [2.05, 4.69) is 38.2 Å². The zero-order valence-electron chi connectivity index (χ0n) is 12.6. The molecule has 0 heterocycles. The molecule has 0 saturated heterocycles. The maximum absolute atomic E-state index is 11.5. The second-order valence-corrected chi connectivity index (χ2v) is 6.45. The molecule has 4 heteroatoms. The van der Waals surface area contributed by atoms with Gasteiger partial charge in [0.15, 0.2) is 5.78 Å². The first-order valence-electron chi connectivity index (χ1n) is 6.41. The Hall–Kier alpha value is -1.73. The van der Waals surface area contributed by atoms with Crippen molar-refractivity contribution in [3.05, 3.63) is 40.4 Å². The number of anilines is 1. The Morgan fingerprint density at radius 3 is 2.15 bits per heavy atom. The fourth-order valence-corrected chi connectivity index (χ4v) is 2.22. The number of rotatable bonds is 4. The highest BCUT2D eigenvalue weighted by atomic mass is 32.2. The van der Waals surface area contributed by atoms with Gasteiger partial charge >= 0.3 is 0 Å². The van der Waals surface area contributed by atoms with Crippen LogP contribution < -0.4 is 5.32 Å². The number of hydrogen-bond acceptors (Lipinski definition) is 4. The summed E-state index contributed by atoms with van der Waals surface area (Å²) in [6, 6.07) is 8.11. The lowest BCUT2D eigenvalue weighted by Crippen LogP contribution is -2.11. The first-order valence-corrected chi connectivity index (χ1v) is 7.22. The van der Waals surface area contributed by atoms with Crippen LogP contribution in [0.25, 0.3) is 0 Å². The number of nitrogens with zero attached hydrogens (tertiary/aromatic N) is 1. The summed E-state index contributed by atoms with van der Waals surface area (Å²) in [4.78, 5) is 11.9. The molecular weight excluding hydrogens is 268 g/mol. The predicted octanol–water partition coefficient (Wildman–Crippen LogP) is 4.43. The molecule has 20 heavy (non-hydrogen) atoms. The first-order chi connectivity index (χ1) is 9.25. The van der Waals surface area contributed by atoms with Gasteiger partial charge in [0.05, 0.1) is 4.91 Å². The smallest absolute Gasteiger partial charge is 0.168 e. The van der Waals surface area contributed by atoms with Crippen molar-refractivity contribution in [1.82, 2.24) is 0 Å². The summed E-state index contributed by atoms with van der Waals surface area (Å²) in [5.74, 6) is -0.104. The van der Waals surface area contributed by atoms with Crippen LogP contribution in [-0.4, -0.2) is 5.78 Å². The number of carbonyl (C=O) groups is 1. The number of benzene rings is 1. The van der Waals surface area contributed by atoms with Crippen molar-refractivity contribution >= 4 is 23.2 Å². The number of Topliss-reactive ketones (excluding diaryl/α,β-unsaturated/α-hetero) is 1. The lowest BCUT2D eigenvalue weighted by atomic mass is 9.87. The predicted molar refractivity (Wildman–Crippen MR) is 85.3 cm³/mol. The van der Waals surface area contributed by atoms with E-state index in [1.807, 2.05) is 17.5 Å². The number of thioether (sulfide) groups is 1. The van der Waals surface area contributed by atoms with Crippen molar-refractivity contribution in [3.8, 4) is 5.40 Å². The van der Waals surface area contributed by atoms with Crippen LogP contribution in [0.1, 0.15) is 40.2 Å². The molecule has 1 aromatic carbocycles. The Kier molecular flexibility index (Phi) is 5.41. The zero-order chi connectivity index (χ0) is 15.3. The molecule has 0 aromatic heterocycles. The molecule has 0 amide bonds. The molecule has 0 aliphatic heterocycles. The molecule has 0 aliphatic carbocycles. The minimum Gasteiger partial charge on any atom is -0.358 e. The van der Waals surface area contributed by atoms with E-state index in [9.17, 15) is 4.79 Å². The van der Waals surface area contributed by atoms with Gasteiger partial charge in [-0.05, 0) is 48.7 Å². The van der Waals surface area contributed by atoms with Crippen LogP contribution in [-0.2, 0) is 10.2 Å². The van der Waals surface area contributed by atoms with Gasteiger partial charge in [0, 0.05) is 11.4 Å². The maximum atomic E-state index is 11.5. The molecule has 0 bridgehead atoms. The third-order valence-electron chi connectivity index (χ3n) is 2.89. The summed E-state index contributed by atoms with van der Waals surface area (Å²) in [5.41, 5.74) is 2.98. The molecule has 0 radical (unpaired) electrons. The van der Waals surface area contributed by atoms with E-state index < -0.39 is 0 Å². The largest absolute Gasteiger partial charge is 0.358 e. The number of carbonyl (C=O) groups excluding carboxylic acids is 1. The van der Waals surface area contributed by atoms with Gasteiger partial charge in [-0.1, -0.05) is 32.9 Å². The molecule has 0 saturated carbocycles. The van der Waals surface area contributed by atoms with E-state index in [4.69, 9.17) is 5.26 Å². The van der Waals surface area contributed by atoms with Gasteiger partial charge in [0.25, 0.3) is 0 Å². The normalized spacial score (nSPS) is 12.4. The van der Waals surface area contributed by atoms with Gasteiger partial charge in [-0.3, -0.25) is 4.79 Å². The number of ketones is 1. The van der Waals surface area contributed by atoms with E-state index in [-0.39, 0.29) is 11.2 Å². The average Bonchev–Trinajstić information content (AvgIpc) is 2.34. The van der Waals surface area contributed by atoms with Crippen LogP contribution in [0, 0.1) is 10.7 Å². The Bertz CT molecular complexity index is 560. The Morgan fingerprint density at radius 1 is 1.20 bits per heavy atom. The molecule has 0 fully saturated rings. The second-order valence-electron chi connectivity index (χ2n) is 5.66. The molecule has 0 atom stereocenters. The average molecular weight is 288 g/mol. The minimum absolute atomic E-state index is 0.104. The van der Waals surface area contributed by atoms with E-state index in [1.54, 1.807) is 6.92 Å². The van der Waals surface area contributed by atoms with Crippen LogP contribution in [0.4, 0.5) is 5.69 Å². The van der Waals surface area contributed by atoms with E-state index in [0.29, 0.717) is 10.6 Å². The summed E-state index contributed by atoms with van der Waals surface area (Å²) in [6.45, 7) is 9.76. The van der Waals surface area contributed by atoms with E-state index >= 15 is 0 Å². The molecule has 0 spiro atoms. The van der Waals surface area contributed by atoms with Gasteiger partial charge in [0.2, 0.25) is 0 Å². The summed E-state index contributed by atoms with van der Waals surface area (Å²) in [7, 11) is 0. The second kappa shape index (κ2) is 6.62. The Balaban J connectivity index is 2.96. The molecular formula is C16H20N2OS. The summed E-state index contributed by atoms with van der Waals surface area (Å²) >= 11 is 0.892. The van der Waals surface area contributed by atoms with E-state index in [1.165, 1.54) is 12.5 Å². The lowest BCUT2D eigenvalue weighted by molar-refractivity contribution is -0.113. The third kappa shape index (κ3) is 4.43. The highest BCUT2D eigenvalue weighted by molar-refractivity contribution is 8.08. The SMILES string of the molecule is CC(=O)/C(SC#N)=C(/C)Nc1ccc(C(C)(C)C)cc1. The van der Waals surface area contributed by atoms with E-state index in [0.717, 1.165) is 17.4 Å². The molecule has 106 valence electrons. The Labute approximate surface area is 125 Å². The topological polar surface area (TPSA) is 52.9 Å². The molecule has 0 aliphatic rings. The van der Waals surface area contributed by atoms with Gasteiger partial charge in [0.1, 0.15) is 5.40 Å². The van der Waals surface area contributed by atoms with Gasteiger partial charge in [-0.15, -0.1) is 0 Å². The van der Waals surface area contributed by atoms with Gasteiger partial charge in [-0.2, -0.15) is 5.26 Å². The standard InChI is InChI=1S/C16H20N2OS/c1-11(15(12(2)19)20-10-17)18-14-8-6-13(7-9-14)16(3,4)5/h6-9,18H,1-5H3/b15-11+. The Morgan fingerprint density at radius 2 is 1.75 bits per heavy atom. The first kappa shape index (κ1) is 16.3. The molecule has 1 rings (SSSR count). The monoisotopic (exact) mass is 288 g/mol. The number of allylic oxidation sites excluding steroid dienone is 2. The quantitative estimate of drug-likeness (QED) is 0.657. The summed E-state index contributed by atoms with van der Waals surface area (Å²) < 4.78 is 0. The molecule has 3 nitrogen and oxygen atoms in total. The number of nitriles is 1. The number of hydrogen-bond donors (Lipinski definition) is 1. The van der Waals surface area contributed by atoms with Crippen LogP contribution in [0.15, 0.2) is 34.9 Å². The van der Waals surface area contributed by atoms with Crippen molar-refractivity contribution in [2.45, 2.75) is 40.0 Å². The van der Waals surface area contributed by atoms with Crippen molar-refractivity contribution in [3.63, 3.8) is 0 Å². The lowest BCUT2D eigenvalue weighted by Gasteiger charge is -2.19. The van der Waals surface area contributed by atoms with Crippen molar-refractivity contribution in [1.29, 1.82) is 5.26 Å². The fraction of sp³-hybridized carbons (Fsp3) is 0.375. The maximum Gasteiger partial charge on any atom is 0.168 e. The summed E-state index contributed by atoms with van der Waals surface area (Å²) in [5, 5.41) is 13.8. The van der Waals surface area contributed by atoms with Crippen molar-refractivity contribution in [2.75, 3.05) is 5.32 Å². The molecule has 1 aromatic rings. The highest BCUT2D eigenvalue weighted by Crippen LogP contribution is 2.25. The summed E-state index contributed by atoms with van der Waals surface area (Å²) in [6.07, 6.45) is 0. The van der Waals surface area contributed by atoms with Gasteiger partial charge in [-0.25, -0.2) is 0 Å². The molecule has 0 unspecified atom stereocenters. The molecule has 1 N–H and O–H groups in total. The minimum atomic E-state index is -0.104. The highest BCUT2D eigenvalue weighted by Gasteiger charge is 2.13. The zero-order valence-corrected chi connectivity index (χ0v) is 13.4. The van der Waals surface area contributed by atoms with Crippen molar-refractivity contribution in [2.24, 2.45) is 0 Å². The van der Waals surface area contributed by atoms with Gasteiger partial charge < -0.3 is 5.32 Å². The van der Waals surface area contributed by atoms with Crippen LogP contribution >= 0.6 is 11.8 Å². The van der Waals surface area contributed by atoms with Crippen molar-refractivity contribution < 1.29 is 4.79 Å². The van der Waals surface area contributed by atoms with Crippen LogP contribution in [0.5, 0.6) is 0 Å². The fourth-order valence-electron chi connectivity index (χ4n) is 1.78. The number of nitrogens with one attached hydrogen (secondary N) is 1. The third-order valence-corrected chi connectivity index (χ3v) is 3.78. The number of thiocyanates is 1. The van der Waals surface area contributed by atoms with Crippen LogP contribution in [0.3, 0.4) is 0 Å². The van der Waals surface area contributed by atoms with Crippen LogP contribution in [0.2, 0.25) is 0 Å².